The molecule has 1 aromatic heterocycles. The number of hydrogen-bond donors (Lipinski definition) is 2. The maximum Gasteiger partial charge on any atom is 0.498 e. The van der Waals surface area contributed by atoms with Crippen molar-refractivity contribution in [2.24, 2.45) is 0 Å². The average molecular weight is 392 g/mol. The lowest BCUT2D eigenvalue weighted by atomic mass is 9.81. The van der Waals surface area contributed by atoms with Gasteiger partial charge in [0.1, 0.15) is 0 Å². The van der Waals surface area contributed by atoms with Crippen LogP contribution >= 0.6 is 0 Å². The summed E-state index contributed by atoms with van der Waals surface area (Å²) in [6, 6.07) is 0. The fourth-order valence-corrected chi connectivity index (χ4v) is 3.22. The zero-order chi connectivity index (χ0) is 20.5. The molecular weight excluding hydrogens is 363 g/mol. The van der Waals surface area contributed by atoms with E-state index in [4.69, 9.17) is 14.4 Å². The molecule has 0 aliphatic carbocycles. The number of hydrogen-bond acceptors (Lipinski definition) is 8. The van der Waals surface area contributed by atoms with Crippen molar-refractivity contribution in [3.63, 3.8) is 0 Å². The minimum atomic E-state index is -1.36. The molecule has 28 heavy (non-hydrogen) atoms. The number of aliphatic hydroxyl groups is 2. The van der Waals surface area contributed by atoms with Crippen molar-refractivity contribution in [2.45, 2.75) is 51.4 Å². The molecule has 154 valence electrons. The van der Waals surface area contributed by atoms with E-state index in [9.17, 15) is 9.90 Å². The van der Waals surface area contributed by atoms with E-state index in [2.05, 4.69) is 9.97 Å². The predicted molar refractivity (Wildman–Crippen MR) is 104 cm³/mol. The number of anilines is 1. The van der Waals surface area contributed by atoms with Gasteiger partial charge >= 0.3 is 7.12 Å². The van der Waals surface area contributed by atoms with Crippen molar-refractivity contribution in [1.82, 2.24) is 14.9 Å². The molecule has 0 bridgehead atoms. The van der Waals surface area contributed by atoms with Gasteiger partial charge in [0.05, 0.1) is 17.8 Å². The Morgan fingerprint density at radius 1 is 1.14 bits per heavy atom. The maximum absolute atomic E-state index is 12.1. The van der Waals surface area contributed by atoms with Gasteiger partial charge in [-0.1, -0.05) is 0 Å². The molecule has 2 fully saturated rings. The molecule has 9 nitrogen and oxygen atoms in total. The predicted octanol–water partition coefficient (Wildman–Crippen LogP) is -0.832. The molecule has 0 saturated carbocycles. The first-order chi connectivity index (χ1) is 13.1. The molecule has 10 heteroatoms. The number of nitrogens with zero attached hydrogens (tertiary/aromatic N) is 4. The van der Waals surface area contributed by atoms with E-state index >= 15 is 0 Å². The van der Waals surface area contributed by atoms with E-state index in [1.54, 1.807) is 17.3 Å². The van der Waals surface area contributed by atoms with Gasteiger partial charge in [-0.2, -0.15) is 0 Å². The summed E-state index contributed by atoms with van der Waals surface area (Å²) in [7, 11) is -0.503. The number of aromatic nitrogens is 2. The number of carbonyl (C=O) groups excluding carboxylic acids is 1. The average Bonchev–Trinajstić information content (AvgIpc) is 2.84. The molecule has 2 N–H and O–H groups in total. The van der Waals surface area contributed by atoms with E-state index in [1.165, 1.54) is 0 Å². The molecule has 0 aromatic carbocycles. The van der Waals surface area contributed by atoms with Crippen molar-refractivity contribution in [1.29, 1.82) is 0 Å². The second-order valence-electron chi connectivity index (χ2n) is 8.27. The van der Waals surface area contributed by atoms with Crippen molar-refractivity contribution < 1.29 is 24.3 Å². The lowest BCUT2D eigenvalue weighted by Gasteiger charge is -2.32. The van der Waals surface area contributed by atoms with Gasteiger partial charge in [-0.05, 0) is 34.1 Å². The summed E-state index contributed by atoms with van der Waals surface area (Å²) < 4.78 is 12.0. The third kappa shape index (κ3) is 4.14. The van der Waals surface area contributed by atoms with Gasteiger partial charge in [-0.25, -0.2) is 9.97 Å². The minimum absolute atomic E-state index is 0.420. The molecule has 2 saturated heterocycles. The third-order valence-electron chi connectivity index (χ3n) is 5.73. The summed E-state index contributed by atoms with van der Waals surface area (Å²) in [4.78, 5) is 24.6. The summed E-state index contributed by atoms with van der Waals surface area (Å²) in [6.45, 7) is 9.66. The van der Waals surface area contributed by atoms with Crippen LogP contribution in [0.15, 0.2) is 12.4 Å². The van der Waals surface area contributed by atoms with Crippen LogP contribution in [0.1, 0.15) is 34.1 Å². The molecule has 2 aliphatic heterocycles. The zero-order valence-electron chi connectivity index (χ0n) is 17.0. The molecular formula is C18H29BN4O5. The first kappa shape index (κ1) is 21.0. The second-order valence-corrected chi connectivity index (χ2v) is 8.27. The number of carbonyl (C=O) groups is 1. The first-order valence-corrected chi connectivity index (χ1v) is 9.65. The van der Waals surface area contributed by atoms with Gasteiger partial charge in [-0.3, -0.25) is 4.79 Å². The molecule has 2 aliphatic rings. The molecule has 1 unspecified atom stereocenters. The Bertz CT molecular complexity index is 684. The van der Waals surface area contributed by atoms with Crippen LogP contribution in [0.4, 0.5) is 5.95 Å². The van der Waals surface area contributed by atoms with Crippen molar-refractivity contribution in [3.05, 3.63) is 12.4 Å². The Balaban J connectivity index is 1.64. The number of aliphatic hydroxyl groups excluding tert-OH is 2. The summed E-state index contributed by atoms with van der Waals surface area (Å²) in [5.74, 6) is 0.138. The topological polar surface area (TPSA) is 108 Å². The molecule has 0 spiro atoms. The minimum Gasteiger partial charge on any atom is -0.399 e. The number of rotatable bonds is 4. The van der Waals surface area contributed by atoms with Gasteiger partial charge < -0.3 is 29.3 Å². The van der Waals surface area contributed by atoms with Crippen LogP contribution in [0.5, 0.6) is 0 Å². The second kappa shape index (κ2) is 7.94. The standard InChI is InChI=1S/C18H29BN4O5/c1-17(2)18(3,4)28-19(27-17)13-10-20-16(21-11-13)23-7-5-6-22(8-9-23)15(26)14(25)12-24/h10-11,14,24-25H,5-9,12H2,1-4H3. The van der Waals surface area contributed by atoms with Crippen LogP contribution in [-0.2, 0) is 14.1 Å². The van der Waals surface area contributed by atoms with E-state index in [1.807, 2.05) is 32.6 Å². The van der Waals surface area contributed by atoms with Crippen molar-refractivity contribution in [3.8, 4) is 0 Å². The molecule has 3 heterocycles. The molecule has 3 rings (SSSR count). The molecule has 1 amide bonds. The maximum atomic E-state index is 12.1. The Morgan fingerprint density at radius 3 is 2.32 bits per heavy atom. The Labute approximate surface area is 165 Å². The van der Waals surface area contributed by atoms with Gasteiger partial charge in [0.15, 0.2) is 6.10 Å². The third-order valence-corrected chi connectivity index (χ3v) is 5.73. The van der Waals surface area contributed by atoms with E-state index < -0.39 is 36.9 Å². The largest absolute Gasteiger partial charge is 0.498 e. The van der Waals surface area contributed by atoms with E-state index in [0.717, 1.165) is 11.9 Å². The quantitative estimate of drug-likeness (QED) is 0.640. The smallest absolute Gasteiger partial charge is 0.399 e. The van der Waals surface area contributed by atoms with Crippen LogP contribution in [0.2, 0.25) is 0 Å². The van der Waals surface area contributed by atoms with Crippen molar-refractivity contribution in [2.75, 3.05) is 37.7 Å². The highest BCUT2D eigenvalue weighted by Gasteiger charge is 2.52. The highest BCUT2D eigenvalue weighted by molar-refractivity contribution is 6.61. The fraction of sp³-hybridized carbons (Fsp3) is 0.722. The van der Waals surface area contributed by atoms with Crippen LogP contribution in [0.3, 0.4) is 0 Å². The van der Waals surface area contributed by atoms with Crippen LogP contribution in [0.25, 0.3) is 0 Å². The molecule has 1 atom stereocenters. The van der Waals surface area contributed by atoms with E-state index in [-0.39, 0.29) is 0 Å². The Kier molecular flexibility index (Phi) is 5.95. The monoisotopic (exact) mass is 392 g/mol. The Morgan fingerprint density at radius 2 is 1.75 bits per heavy atom. The summed E-state index contributed by atoms with van der Waals surface area (Å²) in [5, 5.41) is 18.5. The van der Waals surface area contributed by atoms with Crippen LogP contribution in [0, 0.1) is 0 Å². The lowest BCUT2D eigenvalue weighted by molar-refractivity contribution is -0.141. The lowest BCUT2D eigenvalue weighted by Crippen LogP contribution is -2.43. The SMILES string of the molecule is CC1(C)OB(c2cnc(N3CCCN(C(=O)C(O)CO)CC3)nc2)OC1(C)C. The Hall–Kier alpha value is -1.75. The van der Waals surface area contributed by atoms with Crippen molar-refractivity contribution >= 4 is 24.4 Å². The van der Waals surface area contributed by atoms with Gasteiger partial charge in [0.2, 0.25) is 5.95 Å². The summed E-state index contributed by atoms with van der Waals surface area (Å²) in [6.07, 6.45) is 2.80. The summed E-state index contributed by atoms with van der Waals surface area (Å²) in [5.41, 5.74) is -0.0768. The van der Waals surface area contributed by atoms with Crippen LogP contribution < -0.4 is 10.4 Å². The highest BCUT2D eigenvalue weighted by atomic mass is 16.7. The number of amides is 1. The summed E-state index contributed by atoms with van der Waals surface area (Å²) >= 11 is 0. The highest BCUT2D eigenvalue weighted by Crippen LogP contribution is 2.36. The van der Waals surface area contributed by atoms with Gasteiger partial charge in [-0.15, -0.1) is 0 Å². The zero-order valence-corrected chi connectivity index (χ0v) is 17.0. The van der Waals surface area contributed by atoms with Gasteiger partial charge in [0, 0.05) is 44.0 Å². The molecule has 0 radical (unpaired) electrons. The van der Waals surface area contributed by atoms with Gasteiger partial charge in [0.25, 0.3) is 5.91 Å². The van der Waals surface area contributed by atoms with Crippen LogP contribution in [-0.4, -0.2) is 88.2 Å². The molecule has 1 aromatic rings. The normalized spacial score (nSPS) is 22.9. The first-order valence-electron chi connectivity index (χ1n) is 9.65. The fourth-order valence-electron chi connectivity index (χ4n) is 3.22. The van der Waals surface area contributed by atoms with E-state index in [0.29, 0.717) is 32.1 Å².